The molecule has 1 aliphatic heterocycles. The Balaban J connectivity index is 2.37. The highest BCUT2D eigenvalue weighted by Gasteiger charge is 2.27. The Hall–Kier alpha value is 0.270. The summed E-state index contributed by atoms with van der Waals surface area (Å²) in [6, 6.07) is 1.19. The fourth-order valence-electron chi connectivity index (χ4n) is 1.84. The van der Waals surface area contributed by atoms with Crippen molar-refractivity contribution in [2.45, 2.75) is 44.5 Å². The van der Waals surface area contributed by atoms with Gasteiger partial charge in [-0.05, 0) is 18.1 Å². The topological polar surface area (TPSA) is 21.3 Å². The first-order chi connectivity index (χ1) is 6.65. The first kappa shape index (κ1) is 12.3. The number of thioether (sulfide) groups is 1. The molecule has 0 aromatic heterocycles. The Kier molecular flexibility index (Phi) is 5.28. The van der Waals surface area contributed by atoms with Crippen LogP contribution in [0.5, 0.6) is 0 Å². The molecule has 1 aliphatic rings. The highest BCUT2D eigenvalue weighted by atomic mass is 32.2. The number of rotatable bonds is 5. The molecule has 0 bridgehead atoms. The van der Waals surface area contributed by atoms with Crippen LogP contribution in [0.4, 0.5) is 0 Å². The molecule has 0 spiro atoms. The molecule has 1 saturated heterocycles. The van der Waals surface area contributed by atoms with Gasteiger partial charge in [-0.2, -0.15) is 11.8 Å². The lowest BCUT2D eigenvalue weighted by Crippen LogP contribution is -2.46. The molecule has 0 amide bonds. The first-order valence-corrected chi connectivity index (χ1v) is 6.56. The molecule has 1 heterocycles. The lowest BCUT2D eigenvalue weighted by atomic mass is 10.0. The predicted molar refractivity (Wildman–Crippen MR) is 64.0 cm³/mol. The van der Waals surface area contributed by atoms with Crippen LogP contribution in [0.15, 0.2) is 0 Å². The van der Waals surface area contributed by atoms with Crippen LogP contribution in [-0.4, -0.2) is 36.8 Å². The lowest BCUT2D eigenvalue weighted by Gasteiger charge is -2.27. The second-order valence-electron chi connectivity index (χ2n) is 4.44. The number of hydrogen-bond acceptors (Lipinski definition) is 3. The van der Waals surface area contributed by atoms with Gasteiger partial charge in [0.25, 0.3) is 0 Å². The van der Waals surface area contributed by atoms with Crippen LogP contribution in [0.2, 0.25) is 0 Å². The Labute approximate surface area is 92.2 Å². The molecule has 1 fully saturated rings. The maximum absolute atomic E-state index is 5.24. The van der Waals surface area contributed by atoms with E-state index in [4.69, 9.17) is 4.74 Å². The predicted octanol–water partition coefficient (Wildman–Crippen LogP) is 2.14. The van der Waals surface area contributed by atoms with E-state index in [1.807, 2.05) is 0 Å². The van der Waals surface area contributed by atoms with Gasteiger partial charge in [0.1, 0.15) is 0 Å². The highest BCUT2D eigenvalue weighted by Crippen LogP contribution is 2.26. The maximum atomic E-state index is 5.24. The average Bonchev–Trinajstić information content (AvgIpc) is 2.51. The van der Waals surface area contributed by atoms with Crippen LogP contribution in [-0.2, 0) is 4.74 Å². The van der Waals surface area contributed by atoms with Gasteiger partial charge in [0.2, 0.25) is 0 Å². The van der Waals surface area contributed by atoms with Gasteiger partial charge >= 0.3 is 0 Å². The molecule has 0 aliphatic carbocycles. The second-order valence-corrected chi connectivity index (χ2v) is 5.93. The van der Waals surface area contributed by atoms with Crippen molar-refractivity contribution in [3.8, 4) is 0 Å². The summed E-state index contributed by atoms with van der Waals surface area (Å²) >= 11 is 2.07. The fourth-order valence-corrected chi connectivity index (χ4v) is 3.05. The summed E-state index contributed by atoms with van der Waals surface area (Å²) in [5.74, 6) is 1.95. The Morgan fingerprint density at radius 2 is 2.21 bits per heavy atom. The summed E-state index contributed by atoms with van der Waals surface area (Å²) < 4.78 is 5.24. The number of hydrogen-bond donors (Lipinski definition) is 1. The third-order valence-electron chi connectivity index (χ3n) is 2.96. The van der Waals surface area contributed by atoms with Crippen LogP contribution >= 0.6 is 11.8 Å². The van der Waals surface area contributed by atoms with E-state index in [9.17, 15) is 0 Å². The first-order valence-electron chi connectivity index (χ1n) is 5.51. The largest absolute Gasteiger partial charge is 0.383 e. The van der Waals surface area contributed by atoms with Crippen molar-refractivity contribution in [2.24, 2.45) is 5.92 Å². The van der Waals surface area contributed by atoms with Gasteiger partial charge in [-0.1, -0.05) is 20.8 Å². The van der Waals surface area contributed by atoms with Gasteiger partial charge in [-0.3, -0.25) is 0 Å². The minimum atomic E-state index is 0.506. The van der Waals surface area contributed by atoms with Crippen LogP contribution in [0, 0.1) is 5.92 Å². The number of ether oxygens (including phenoxy) is 1. The summed E-state index contributed by atoms with van der Waals surface area (Å²) in [5, 5.41) is 4.48. The third-order valence-corrected chi connectivity index (χ3v) is 4.28. The van der Waals surface area contributed by atoms with Gasteiger partial charge < -0.3 is 10.1 Å². The molecule has 3 atom stereocenters. The number of nitrogens with one attached hydrogen (secondary N) is 1. The van der Waals surface area contributed by atoms with Crippen molar-refractivity contribution in [2.75, 3.05) is 19.5 Å². The van der Waals surface area contributed by atoms with E-state index in [-0.39, 0.29) is 0 Å². The van der Waals surface area contributed by atoms with E-state index in [2.05, 4.69) is 37.8 Å². The Morgan fingerprint density at radius 1 is 1.50 bits per heavy atom. The molecule has 14 heavy (non-hydrogen) atoms. The molecule has 1 rings (SSSR count). The molecule has 2 nitrogen and oxygen atoms in total. The molecule has 3 unspecified atom stereocenters. The van der Waals surface area contributed by atoms with Crippen molar-refractivity contribution < 1.29 is 4.74 Å². The van der Waals surface area contributed by atoms with E-state index in [1.165, 1.54) is 12.2 Å². The summed E-state index contributed by atoms with van der Waals surface area (Å²) in [7, 11) is 1.78. The molecule has 3 heteroatoms. The average molecular weight is 217 g/mol. The minimum Gasteiger partial charge on any atom is -0.383 e. The summed E-state index contributed by atoms with van der Waals surface area (Å²) in [6.45, 7) is 7.65. The van der Waals surface area contributed by atoms with Crippen molar-refractivity contribution in [1.29, 1.82) is 0 Å². The van der Waals surface area contributed by atoms with Crippen LogP contribution in [0.3, 0.4) is 0 Å². The molecular weight excluding hydrogens is 194 g/mol. The van der Waals surface area contributed by atoms with Crippen LogP contribution in [0.1, 0.15) is 27.2 Å². The van der Waals surface area contributed by atoms with Crippen molar-refractivity contribution in [1.82, 2.24) is 5.32 Å². The number of methoxy groups -OCH3 is 1. The van der Waals surface area contributed by atoms with Crippen molar-refractivity contribution >= 4 is 11.8 Å². The SMILES string of the molecule is COCC(NC1CCSC1C)C(C)C. The lowest BCUT2D eigenvalue weighted by molar-refractivity contribution is 0.140. The van der Waals surface area contributed by atoms with Gasteiger partial charge in [-0.15, -0.1) is 0 Å². The van der Waals surface area contributed by atoms with E-state index in [1.54, 1.807) is 7.11 Å². The van der Waals surface area contributed by atoms with Crippen molar-refractivity contribution in [3.05, 3.63) is 0 Å². The van der Waals surface area contributed by atoms with Gasteiger partial charge in [0, 0.05) is 24.4 Å². The quantitative estimate of drug-likeness (QED) is 0.762. The fraction of sp³-hybridized carbons (Fsp3) is 1.00. The smallest absolute Gasteiger partial charge is 0.0618 e. The van der Waals surface area contributed by atoms with Crippen LogP contribution < -0.4 is 5.32 Å². The molecule has 0 aromatic carbocycles. The summed E-state index contributed by atoms with van der Waals surface area (Å²) in [4.78, 5) is 0. The van der Waals surface area contributed by atoms with Crippen molar-refractivity contribution in [3.63, 3.8) is 0 Å². The Bertz CT molecular complexity index is 163. The second kappa shape index (κ2) is 5.99. The molecule has 0 aromatic rings. The van der Waals surface area contributed by atoms with Crippen LogP contribution in [0.25, 0.3) is 0 Å². The zero-order valence-corrected chi connectivity index (χ0v) is 10.6. The van der Waals surface area contributed by atoms with Gasteiger partial charge in [-0.25, -0.2) is 0 Å². The van der Waals surface area contributed by atoms with E-state index in [0.717, 1.165) is 11.9 Å². The van der Waals surface area contributed by atoms with E-state index >= 15 is 0 Å². The molecule has 1 N–H and O–H groups in total. The molecule has 0 saturated carbocycles. The van der Waals surface area contributed by atoms with Gasteiger partial charge in [0.05, 0.1) is 6.61 Å². The highest BCUT2D eigenvalue weighted by molar-refractivity contribution is 8.00. The molecule has 84 valence electrons. The summed E-state index contributed by atoms with van der Waals surface area (Å²) in [6.07, 6.45) is 1.30. The zero-order chi connectivity index (χ0) is 10.6. The normalized spacial score (nSPS) is 29.8. The van der Waals surface area contributed by atoms with E-state index < -0.39 is 0 Å². The standard InChI is InChI=1S/C11H23NOS/c1-8(2)11(7-13-4)12-10-5-6-14-9(10)3/h8-12H,5-7H2,1-4H3. The maximum Gasteiger partial charge on any atom is 0.0618 e. The zero-order valence-electron chi connectivity index (χ0n) is 9.75. The third kappa shape index (κ3) is 3.44. The minimum absolute atomic E-state index is 0.506. The Morgan fingerprint density at radius 3 is 2.64 bits per heavy atom. The van der Waals surface area contributed by atoms with Gasteiger partial charge in [0.15, 0.2) is 0 Å². The monoisotopic (exact) mass is 217 g/mol. The summed E-state index contributed by atoms with van der Waals surface area (Å²) in [5.41, 5.74) is 0. The molecule has 0 radical (unpaired) electrons. The molecular formula is C11H23NOS. The van der Waals surface area contributed by atoms with E-state index in [0.29, 0.717) is 18.0 Å².